The van der Waals surface area contributed by atoms with Crippen molar-refractivity contribution in [1.29, 1.82) is 0 Å². The normalized spacial score (nSPS) is 19.2. The number of methoxy groups -OCH3 is 1. The number of unbranched alkanes of at least 4 members (excludes halogenated alkanes) is 1. The first-order valence-electron chi connectivity index (χ1n) is 9.79. The molecular formula is C21H28N2O3S. The molecule has 0 spiro atoms. The summed E-state index contributed by atoms with van der Waals surface area (Å²) in [6.45, 7) is 4.79. The average molecular weight is 389 g/mol. The Kier molecular flexibility index (Phi) is 7.21. The maximum atomic E-state index is 12.4. The van der Waals surface area contributed by atoms with E-state index in [0.717, 1.165) is 42.4 Å². The molecule has 6 heteroatoms. The number of likely N-dealkylation sites (tertiary alicyclic amines) is 1. The van der Waals surface area contributed by atoms with Gasteiger partial charge in [-0.05, 0) is 54.8 Å². The minimum Gasteiger partial charge on any atom is -0.493 e. The molecule has 1 aromatic rings. The first kappa shape index (κ1) is 19.8. The van der Waals surface area contributed by atoms with Crippen LogP contribution in [0.25, 0.3) is 6.08 Å². The lowest BCUT2D eigenvalue weighted by Crippen LogP contribution is -2.28. The van der Waals surface area contributed by atoms with Gasteiger partial charge in [0.25, 0.3) is 5.91 Å². The first-order valence-corrected chi connectivity index (χ1v) is 10.6. The van der Waals surface area contributed by atoms with Crippen LogP contribution >= 0.6 is 11.8 Å². The van der Waals surface area contributed by atoms with Crippen LogP contribution in [-0.4, -0.2) is 42.8 Å². The fourth-order valence-electron chi connectivity index (χ4n) is 3.17. The molecule has 146 valence electrons. The van der Waals surface area contributed by atoms with Crippen LogP contribution < -0.4 is 9.47 Å². The highest BCUT2D eigenvalue weighted by atomic mass is 32.2. The van der Waals surface area contributed by atoms with Crippen molar-refractivity contribution in [2.45, 2.75) is 45.4 Å². The Labute approximate surface area is 165 Å². The van der Waals surface area contributed by atoms with Crippen LogP contribution in [0.3, 0.4) is 0 Å². The highest BCUT2D eigenvalue weighted by Gasteiger charge is 2.26. The molecule has 1 saturated heterocycles. The monoisotopic (exact) mass is 388 g/mol. The summed E-state index contributed by atoms with van der Waals surface area (Å²) >= 11 is 1.48. The third-order valence-corrected chi connectivity index (χ3v) is 5.77. The Morgan fingerprint density at radius 3 is 2.67 bits per heavy atom. The second-order valence-corrected chi connectivity index (χ2v) is 7.83. The van der Waals surface area contributed by atoms with Gasteiger partial charge in [0.05, 0.1) is 18.6 Å². The van der Waals surface area contributed by atoms with E-state index in [0.29, 0.717) is 17.3 Å². The van der Waals surface area contributed by atoms with Crippen molar-refractivity contribution in [3.05, 3.63) is 28.7 Å². The molecule has 0 bridgehead atoms. The first-order chi connectivity index (χ1) is 13.2. The Hall–Kier alpha value is -1.95. The molecule has 1 aromatic carbocycles. The van der Waals surface area contributed by atoms with Gasteiger partial charge in [-0.1, -0.05) is 32.3 Å². The summed E-state index contributed by atoms with van der Waals surface area (Å²) in [6, 6.07) is 5.77. The van der Waals surface area contributed by atoms with E-state index in [1.165, 1.54) is 37.4 Å². The lowest BCUT2D eigenvalue weighted by molar-refractivity contribution is -0.113. The highest BCUT2D eigenvalue weighted by molar-refractivity contribution is 8.18. The molecule has 0 aromatic heterocycles. The molecule has 0 radical (unpaired) electrons. The van der Waals surface area contributed by atoms with E-state index in [2.05, 4.69) is 16.8 Å². The lowest BCUT2D eigenvalue weighted by Gasteiger charge is -2.20. The molecule has 2 heterocycles. The molecule has 5 nitrogen and oxygen atoms in total. The smallest absolute Gasteiger partial charge is 0.286 e. The van der Waals surface area contributed by atoms with Gasteiger partial charge < -0.3 is 14.4 Å². The minimum atomic E-state index is -0.151. The lowest BCUT2D eigenvalue weighted by atomic mass is 10.2. The van der Waals surface area contributed by atoms with E-state index in [1.54, 1.807) is 7.11 Å². The maximum Gasteiger partial charge on any atom is 0.286 e. The van der Waals surface area contributed by atoms with Crippen molar-refractivity contribution in [2.24, 2.45) is 4.99 Å². The number of aliphatic imine (C=N–C) groups is 1. The summed E-state index contributed by atoms with van der Waals surface area (Å²) in [5, 5.41) is 0.847. The van der Waals surface area contributed by atoms with Crippen LogP contribution in [0.2, 0.25) is 0 Å². The van der Waals surface area contributed by atoms with Gasteiger partial charge >= 0.3 is 0 Å². The Morgan fingerprint density at radius 2 is 1.96 bits per heavy atom. The second-order valence-electron chi connectivity index (χ2n) is 6.82. The van der Waals surface area contributed by atoms with Crippen molar-refractivity contribution in [3.8, 4) is 11.5 Å². The summed E-state index contributed by atoms with van der Waals surface area (Å²) in [4.78, 5) is 19.6. The molecule has 1 fully saturated rings. The molecule has 2 aliphatic rings. The summed E-state index contributed by atoms with van der Waals surface area (Å²) in [6.07, 6.45) is 8.85. The molecule has 2 aliphatic heterocycles. The van der Waals surface area contributed by atoms with Crippen LogP contribution in [0.4, 0.5) is 0 Å². The topological polar surface area (TPSA) is 51.1 Å². The fourth-order valence-corrected chi connectivity index (χ4v) is 4.13. The van der Waals surface area contributed by atoms with Crippen LogP contribution in [0.5, 0.6) is 11.5 Å². The molecular weight excluding hydrogens is 360 g/mol. The minimum absolute atomic E-state index is 0.151. The quantitative estimate of drug-likeness (QED) is 0.521. The molecule has 0 saturated carbocycles. The van der Waals surface area contributed by atoms with Gasteiger partial charge in [-0.25, -0.2) is 0 Å². The van der Waals surface area contributed by atoms with E-state index < -0.39 is 0 Å². The third kappa shape index (κ3) is 5.28. The molecule has 0 N–H and O–H groups in total. The predicted molar refractivity (Wildman–Crippen MR) is 111 cm³/mol. The number of amidine groups is 1. The maximum absolute atomic E-state index is 12.4. The van der Waals surface area contributed by atoms with Gasteiger partial charge in [0.1, 0.15) is 0 Å². The van der Waals surface area contributed by atoms with Crippen LogP contribution in [0, 0.1) is 0 Å². The number of hydrogen-bond donors (Lipinski definition) is 0. The average Bonchev–Trinajstić information content (AvgIpc) is 2.88. The Bertz CT molecular complexity index is 722. The number of thioether (sulfide) groups is 1. The third-order valence-electron chi connectivity index (χ3n) is 4.73. The number of benzene rings is 1. The highest BCUT2D eigenvalue weighted by Crippen LogP contribution is 2.34. The standard InChI is InChI=1S/C21H28N2O3S/c1-3-4-13-26-17-10-9-16(14-18(17)25-2)15-19-20(24)22-21(27-19)23-11-7-5-6-8-12-23/h9-10,14-15H,3-8,11-13H2,1-2H3. The number of carbonyl (C=O) groups is 1. The van der Waals surface area contributed by atoms with Crippen LogP contribution in [0.15, 0.2) is 28.1 Å². The zero-order valence-electron chi connectivity index (χ0n) is 16.2. The Balaban J connectivity index is 1.70. The van der Waals surface area contributed by atoms with E-state index in [-0.39, 0.29) is 5.91 Å². The van der Waals surface area contributed by atoms with Crippen molar-refractivity contribution in [2.75, 3.05) is 26.8 Å². The van der Waals surface area contributed by atoms with Crippen molar-refractivity contribution in [3.63, 3.8) is 0 Å². The van der Waals surface area contributed by atoms with E-state index in [1.807, 2.05) is 24.3 Å². The predicted octanol–water partition coefficient (Wildman–Crippen LogP) is 4.72. The molecule has 27 heavy (non-hydrogen) atoms. The summed E-state index contributed by atoms with van der Waals surface area (Å²) in [7, 11) is 1.63. The van der Waals surface area contributed by atoms with Crippen LogP contribution in [-0.2, 0) is 4.79 Å². The molecule has 0 atom stereocenters. The summed E-state index contributed by atoms with van der Waals surface area (Å²) in [5.41, 5.74) is 0.915. The van der Waals surface area contributed by atoms with E-state index in [4.69, 9.17) is 9.47 Å². The molecule has 0 unspecified atom stereocenters. The number of ether oxygens (including phenoxy) is 2. The van der Waals surface area contributed by atoms with Gasteiger partial charge in [-0.15, -0.1) is 0 Å². The summed E-state index contributed by atoms with van der Waals surface area (Å²) < 4.78 is 11.2. The summed E-state index contributed by atoms with van der Waals surface area (Å²) in [5.74, 6) is 1.27. The van der Waals surface area contributed by atoms with Crippen molar-refractivity contribution < 1.29 is 14.3 Å². The molecule has 1 amide bonds. The molecule has 3 rings (SSSR count). The van der Waals surface area contributed by atoms with Gasteiger partial charge in [0.15, 0.2) is 16.7 Å². The number of rotatable bonds is 6. The zero-order valence-corrected chi connectivity index (χ0v) is 17.0. The largest absolute Gasteiger partial charge is 0.493 e. The SMILES string of the molecule is CCCCOc1ccc(C=C2SC(N3CCCCCC3)=NC2=O)cc1OC. The van der Waals surface area contributed by atoms with Gasteiger partial charge in [-0.2, -0.15) is 4.99 Å². The van der Waals surface area contributed by atoms with Gasteiger partial charge in [-0.3, -0.25) is 4.79 Å². The Morgan fingerprint density at radius 1 is 1.19 bits per heavy atom. The number of hydrogen-bond acceptors (Lipinski definition) is 5. The van der Waals surface area contributed by atoms with Crippen molar-refractivity contribution >= 4 is 28.9 Å². The van der Waals surface area contributed by atoms with Crippen LogP contribution in [0.1, 0.15) is 51.0 Å². The second kappa shape index (κ2) is 9.83. The van der Waals surface area contributed by atoms with E-state index >= 15 is 0 Å². The number of carbonyl (C=O) groups excluding carboxylic acids is 1. The van der Waals surface area contributed by atoms with Gasteiger partial charge in [0, 0.05) is 13.1 Å². The number of amides is 1. The van der Waals surface area contributed by atoms with E-state index in [9.17, 15) is 4.79 Å². The van der Waals surface area contributed by atoms with Crippen molar-refractivity contribution in [1.82, 2.24) is 4.90 Å². The fraction of sp³-hybridized carbons (Fsp3) is 0.524. The van der Waals surface area contributed by atoms with Gasteiger partial charge in [0.2, 0.25) is 0 Å². The molecule has 0 aliphatic carbocycles. The zero-order chi connectivity index (χ0) is 19.1. The number of nitrogens with zero attached hydrogens (tertiary/aromatic N) is 2.